The highest BCUT2D eigenvalue weighted by molar-refractivity contribution is 6.74. The van der Waals surface area contributed by atoms with Crippen molar-refractivity contribution in [2.75, 3.05) is 0 Å². The molecule has 0 bridgehead atoms. The van der Waals surface area contributed by atoms with Gasteiger partial charge < -0.3 is 4.43 Å². The van der Waals surface area contributed by atoms with Gasteiger partial charge in [0, 0.05) is 0 Å². The molecule has 0 spiro atoms. The van der Waals surface area contributed by atoms with Crippen molar-refractivity contribution in [1.29, 1.82) is 0 Å². The van der Waals surface area contributed by atoms with Crippen LogP contribution in [0.25, 0.3) is 0 Å². The summed E-state index contributed by atoms with van der Waals surface area (Å²) in [5.41, 5.74) is 0.0446. The second-order valence-electron chi connectivity index (χ2n) is 5.98. The van der Waals surface area contributed by atoms with E-state index in [4.69, 9.17) is 4.43 Å². The highest BCUT2D eigenvalue weighted by atomic mass is 28.4. The molecule has 0 heterocycles. The van der Waals surface area contributed by atoms with E-state index in [2.05, 4.69) is 54.6 Å². The van der Waals surface area contributed by atoms with Gasteiger partial charge in [0.15, 0.2) is 8.32 Å². The standard InChI is InChI=1S/C11H26OSi/c1-9-11(5,6)12-13(7,8)10(2,3)4/h9H2,1-8H3. The molecule has 0 aromatic carbocycles. The van der Waals surface area contributed by atoms with Crippen molar-refractivity contribution in [3.05, 3.63) is 0 Å². The Labute approximate surface area is 85.0 Å². The third-order valence-electron chi connectivity index (χ3n) is 3.19. The summed E-state index contributed by atoms with van der Waals surface area (Å²) in [5, 5.41) is 0.319. The molecule has 0 aliphatic heterocycles. The first-order chi connectivity index (χ1) is 5.52. The molecule has 0 fully saturated rings. The average Bonchev–Trinajstić information content (AvgIpc) is 1.83. The topological polar surface area (TPSA) is 9.23 Å². The molecule has 0 rings (SSSR count). The van der Waals surface area contributed by atoms with E-state index in [0.29, 0.717) is 5.04 Å². The van der Waals surface area contributed by atoms with Crippen molar-refractivity contribution in [2.24, 2.45) is 0 Å². The molecule has 80 valence electrons. The van der Waals surface area contributed by atoms with E-state index >= 15 is 0 Å². The molecule has 0 unspecified atom stereocenters. The molecule has 0 atom stereocenters. The summed E-state index contributed by atoms with van der Waals surface area (Å²) in [6, 6.07) is 0. The lowest BCUT2D eigenvalue weighted by Gasteiger charge is -2.42. The Morgan fingerprint density at radius 1 is 1.00 bits per heavy atom. The predicted octanol–water partition coefficient (Wildman–Crippen LogP) is 4.20. The van der Waals surface area contributed by atoms with E-state index in [9.17, 15) is 0 Å². The number of hydrogen-bond donors (Lipinski definition) is 0. The fourth-order valence-corrected chi connectivity index (χ4v) is 2.75. The lowest BCUT2D eigenvalue weighted by atomic mass is 10.1. The Kier molecular flexibility index (Phi) is 3.79. The molecule has 0 N–H and O–H groups in total. The minimum absolute atomic E-state index is 0.0446. The van der Waals surface area contributed by atoms with Gasteiger partial charge in [-0.15, -0.1) is 0 Å². The van der Waals surface area contributed by atoms with Crippen molar-refractivity contribution in [3.63, 3.8) is 0 Å². The fourth-order valence-electron chi connectivity index (χ4n) is 0.916. The van der Waals surface area contributed by atoms with Crippen LogP contribution in [0.2, 0.25) is 18.1 Å². The second-order valence-corrected chi connectivity index (χ2v) is 10.7. The zero-order valence-electron chi connectivity index (χ0n) is 10.6. The summed E-state index contributed by atoms with van der Waals surface area (Å²) in [7, 11) is -1.56. The van der Waals surface area contributed by atoms with E-state index in [1.54, 1.807) is 0 Å². The van der Waals surface area contributed by atoms with Gasteiger partial charge >= 0.3 is 0 Å². The average molecular weight is 202 g/mol. The molecule has 0 saturated carbocycles. The molecule has 0 aromatic rings. The van der Waals surface area contributed by atoms with Crippen LogP contribution in [0.4, 0.5) is 0 Å². The van der Waals surface area contributed by atoms with E-state index < -0.39 is 8.32 Å². The Balaban J connectivity index is 4.52. The maximum atomic E-state index is 6.28. The maximum Gasteiger partial charge on any atom is 0.192 e. The molecular weight excluding hydrogens is 176 g/mol. The van der Waals surface area contributed by atoms with Gasteiger partial charge in [0.2, 0.25) is 0 Å². The molecule has 13 heavy (non-hydrogen) atoms. The van der Waals surface area contributed by atoms with Crippen molar-refractivity contribution in [1.82, 2.24) is 0 Å². The van der Waals surface area contributed by atoms with Crippen LogP contribution in [-0.4, -0.2) is 13.9 Å². The van der Waals surface area contributed by atoms with Crippen LogP contribution in [0.15, 0.2) is 0 Å². The molecule has 0 radical (unpaired) electrons. The van der Waals surface area contributed by atoms with Gasteiger partial charge in [-0.3, -0.25) is 0 Å². The normalized spacial score (nSPS) is 14.8. The van der Waals surface area contributed by atoms with Crippen molar-refractivity contribution in [2.45, 2.75) is 71.7 Å². The van der Waals surface area contributed by atoms with E-state index in [-0.39, 0.29) is 5.60 Å². The van der Waals surface area contributed by atoms with Gasteiger partial charge in [-0.05, 0) is 38.4 Å². The molecule has 0 saturated heterocycles. The van der Waals surface area contributed by atoms with Crippen LogP contribution >= 0.6 is 0 Å². The van der Waals surface area contributed by atoms with E-state index in [1.807, 2.05) is 0 Å². The number of rotatable bonds is 3. The van der Waals surface area contributed by atoms with Gasteiger partial charge in [-0.1, -0.05) is 27.7 Å². The fraction of sp³-hybridized carbons (Fsp3) is 1.00. The summed E-state index contributed by atoms with van der Waals surface area (Å²) in [6.07, 6.45) is 1.08. The summed E-state index contributed by atoms with van der Waals surface area (Å²) in [6.45, 7) is 18.0. The Bertz CT molecular complexity index is 165. The zero-order valence-corrected chi connectivity index (χ0v) is 11.6. The minimum atomic E-state index is -1.56. The summed E-state index contributed by atoms with van der Waals surface area (Å²) in [5.74, 6) is 0. The molecule has 1 nitrogen and oxygen atoms in total. The molecule has 0 amide bonds. The first kappa shape index (κ1) is 13.2. The quantitative estimate of drug-likeness (QED) is 0.623. The van der Waals surface area contributed by atoms with Gasteiger partial charge in [-0.2, -0.15) is 0 Å². The lowest BCUT2D eigenvalue weighted by molar-refractivity contribution is 0.0876. The van der Waals surface area contributed by atoms with Gasteiger partial charge in [0.1, 0.15) is 0 Å². The van der Waals surface area contributed by atoms with Crippen LogP contribution in [-0.2, 0) is 4.43 Å². The molecule has 0 aliphatic carbocycles. The van der Waals surface area contributed by atoms with Gasteiger partial charge in [0.05, 0.1) is 5.60 Å². The highest BCUT2D eigenvalue weighted by Crippen LogP contribution is 2.39. The first-order valence-corrected chi connectivity index (χ1v) is 8.13. The molecule has 2 heteroatoms. The summed E-state index contributed by atoms with van der Waals surface area (Å²) in [4.78, 5) is 0. The maximum absolute atomic E-state index is 6.28. The Morgan fingerprint density at radius 2 is 1.38 bits per heavy atom. The van der Waals surface area contributed by atoms with Crippen molar-refractivity contribution in [3.8, 4) is 0 Å². The largest absolute Gasteiger partial charge is 0.412 e. The molecular formula is C11H26OSi. The summed E-state index contributed by atoms with van der Waals surface area (Å²) < 4.78 is 6.28. The van der Waals surface area contributed by atoms with Gasteiger partial charge in [-0.25, -0.2) is 0 Å². The zero-order chi connectivity index (χ0) is 10.9. The third-order valence-corrected chi connectivity index (χ3v) is 7.86. The van der Waals surface area contributed by atoms with Crippen LogP contribution < -0.4 is 0 Å². The SMILES string of the molecule is CCC(C)(C)O[Si](C)(C)C(C)(C)C. The lowest BCUT2D eigenvalue weighted by Crippen LogP contribution is -2.47. The summed E-state index contributed by atoms with van der Waals surface area (Å²) >= 11 is 0. The van der Waals surface area contributed by atoms with E-state index in [1.165, 1.54) is 0 Å². The second kappa shape index (κ2) is 3.74. The van der Waals surface area contributed by atoms with Crippen LogP contribution in [0, 0.1) is 0 Å². The van der Waals surface area contributed by atoms with E-state index in [0.717, 1.165) is 6.42 Å². The number of hydrogen-bond acceptors (Lipinski definition) is 1. The van der Waals surface area contributed by atoms with Crippen molar-refractivity contribution >= 4 is 8.32 Å². The molecule has 0 aliphatic rings. The highest BCUT2D eigenvalue weighted by Gasteiger charge is 2.40. The van der Waals surface area contributed by atoms with Crippen LogP contribution in [0.1, 0.15) is 48.0 Å². The van der Waals surface area contributed by atoms with Crippen LogP contribution in [0.3, 0.4) is 0 Å². The minimum Gasteiger partial charge on any atom is -0.412 e. The van der Waals surface area contributed by atoms with Crippen molar-refractivity contribution < 1.29 is 4.43 Å². The Morgan fingerprint density at radius 3 is 1.62 bits per heavy atom. The Hall–Kier alpha value is 0.177. The third kappa shape index (κ3) is 3.82. The smallest absolute Gasteiger partial charge is 0.192 e. The first-order valence-electron chi connectivity index (χ1n) is 5.22. The monoisotopic (exact) mass is 202 g/mol. The predicted molar refractivity (Wildman–Crippen MR) is 62.7 cm³/mol. The molecule has 0 aromatic heterocycles. The van der Waals surface area contributed by atoms with Crippen LogP contribution in [0.5, 0.6) is 0 Å². The van der Waals surface area contributed by atoms with Gasteiger partial charge in [0.25, 0.3) is 0 Å².